The molecule has 3 aliphatic rings. The number of anilines is 1. The summed E-state index contributed by atoms with van der Waals surface area (Å²) in [7, 11) is 0. The number of hydrogen-bond donors (Lipinski definition) is 0. The topological polar surface area (TPSA) is 42.4 Å². The number of ether oxygens (including phenoxy) is 1. The van der Waals surface area contributed by atoms with E-state index in [0.717, 1.165) is 50.8 Å². The van der Waals surface area contributed by atoms with Crippen LogP contribution in [-0.2, 0) is 11.2 Å². The normalized spacial score (nSPS) is 22.0. The molecular formula is C19H19BrN2O2S. The maximum atomic E-state index is 12.4. The zero-order chi connectivity index (χ0) is 17.6. The van der Waals surface area contributed by atoms with Crippen molar-refractivity contribution in [2.75, 3.05) is 4.90 Å². The molecule has 1 aliphatic heterocycles. The average Bonchev–Trinajstić information content (AvgIpc) is 2.98. The van der Waals surface area contributed by atoms with Crippen molar-refractivity contribution in [3.63, 3.8) is 0 Å². The highest BCUT2D eigenvalue weighted by Gasteiger charge is 2.34. The Hall–Kier alpha value is -1.66. The number of carbonyl (C=O) groups excluding carboxylic acids is 1. The van der Waals surface area contributed by atoms with Gasteiger partial charge in [0.1, 0.15) is 12.0 Å². The third-order valence-corrected chi connectivity index (χ3v) is 6.42. The molecule has 1 aromatic heterocycles. The van der Waals surface area contributed by atoms with Crippen LogP contribution < -0.4 is 4.90 Å². The largest absolute Gasteiger partial charge is 0.462 e. The van der Waals surface area contributed by atoms with Crippen LogP contribution >= 0.6 is 27.3 Å². The van der Waals surface area contributed by atoms with Crippen molar-refractivity contribution >= 4 is 38.2 Å². The first-order valence-electron chi connectivity index (χ1n) is 8.35. The van der Waals surface area contributed by atoms with Gasteiger partial charge in [-0.3, -0.25) is 9.69 Å². The number of ketones is 1. The first-order valence-corrected chi connectivity index (χ1v) is 9.96. The van der Waals surface area contributed by atoms with E-state index >= 15 is 0 Å². The van der Waals surface area contributed by atoms with E-state index in [1.807, 2.05) is 17.3 Å². The predicted octanol–water partition coefficient (Wildman–Crippen LogP) is 5.45. The van der Waals surface area contributed by atoms with Crippen LogP contribution in [0.2, 0.25) is 0 Å². The molecule has 0 radical (unpaired) electrons. The summed E-state index contributed by atoms with van der Waals surface area (Å²) in [6.45, 7) is 4.25. The van der Waals surface area contributed by atoms with Crippen LogP contribution in [0.25, 0.3) is 0 Å². The number of rotatable bonds is 2. The van der Waals surface area contributed by atoms with E-state index < -0.39 is 0 Å². The molecule has 0 fully saturated rings. The van der Waals surface area contributed by atoms with Gasteiger partial charge in [0.25, 0.3) is 0 Å². The first kappa shape index (κ1) is 16.8. The molecule has 0 aromatic carbocycles. The number of nitrogens with zero attached hydrogens (tertiary/aromatic N) is 2. The van der Waals surface area contributed by atoms with Crippen LogP contribution in [0.4, 0.5) is 5.13 Å². The number of carbonyl (C=O) groups is 1. The van der Waals surface area contributed by atoms with Crippen molar-refractivity contribution in [1.82, 2.24) is 4.98 Å². The number of allylic oxidation sites excluding steroid dienone is 4. The Morgan fingerprint density at radius 1 is 1.36 bits per heavy atom. The summed E-state index contributed by atoms with van der Waals surface area (Å²) in [5, 5.41) is 0.816. The smallest absolute Gasteiger partial charge is 0.194 e. The van der Waals surface area contributed by atoms with Gasteiger partial charge in [-0.15, -0.1) is 0 Å². The van der Waals surface area contributed by atoms with E-state index in [1.54, 1.807) is 6.26 Å². The Morgan fingerprint density at radius 2 is 2.20 bits per heavy atom. The fourth-order valence-electron chi connectivity index (χ4n) is 3.33. The van der Waals surface area contributed by atoms with Crippen LogP contribution in [-0.4, -0.2) is 10.8 Å². The molecule has 0 saturated carbocycles. The summed E-state index contributed by atoms with van der Waals surface area (Å²) in [5.74, 6) is 1.03. The molecule has 0 saturated heterocycles. The molecule has 0 atom stereocenters. The van der Waals surface area contributed by atoms with Crippen molar-refractivity contribution in [3.05, 3.63) is 57.2 Å². The lowest BCUT2D eigenvalue weighted by atomic mass is 9.78. The zero-order valence-electron chi connectivity index (χ0n) is 14.2. The number of fused-ring (bicyclic) bond motifs is 1. The van der Waals surface area contributed by atoms with E-state index in [2.05, 4.69) is 41.9 Å². The number of thiazole rings is 1. The molecule has 0 amide bonds. The van der Waals surface area contributed by atoms with Gasteiger partial charge in [0.15, 0.2) is 10.9 Å². The van der Waals surface area contributed by atoms with Crippen LogP contribution in [0, 0.1) is 5.41 Å². The molecule has 25 heavy (non-hydrogen) atoms. The lowest BCUT2D eigenvalue weighted by Crippen LogP contribution is -2.26. The minimum atomic E-state index is -0.0125. The molecule has 4 nitrogen and oxygen atoms in total. The van der Waals surface area contributed by atoms with Crippen LogP contribution in [0.5, 0.6) is 0 Å². The number of Topliss-reactive ketones (excluding diaryl/α,β-unsaturated/α-hetero) is 1. The second kappa shape index (κ2) is 6.25. The predicted molar refractivity (Wildman–Crippen MR) is 104 cm³/mol. The highest BCUT2D eigenvalue weighted by Crippen LogP contribution is 2.40. The fourth-order valence-corrected chi connectivity index (χ4v) is 4.89. The van der Waals surface area contributed by atoms with Crippen molar-refractivity contribution < 1.29 is 9.53 Å². The second-order valence-corrected chi connectivity index (χ2v) is 9.12. The third-order valence-electron chi connectivity index (χ3n) is 4.53. The van der Waals surface area contributed by atoms with E-state index in [9.17, 15) is 4.79 Å². The van der Waals surface area contributed by atoms with Gasteiger partial charge in [0, 0.05) is 22.7 Å². The molecule has 0 spiro atoms. The van der Waals surface area contributed by atoms with Gasteiger partial charge in [0.05, 0.1) is 16.8 Å². The van der Waals surface area contributed by atoms with E-state index in [1.165, 1.54) is 11.3 Å². The summed E-state index contributed by atoms with van der Waals surface area (Å²) in [4.78, 5) is 19.9. The summed E-state index contributed by atoms with van der Waals surface area (Å²) < 4.78 is 6.77. The number of halogens is 1. The quantitative estimate of drug-likeness (QED) is 0.640. The molecular weight excluding hydrogens is 400 g/mol. The summed E-state index contributed by atoms with van der Waals surface area (Å²) >= 11 is 5.08. The van der Waals surface area contributed by atoms with Crippen molar-refractivity contribution in [1.29, 1.82) is 0 Å². The minimum Gasteiger partial charge on any atom is -0.462 e. The van der Waals surface area contributed by atoms with E-state index in [0.29, 0.717) is 6.42 Å². The molecule has 0 unspecified atom stereocenters. The van der Waals surface area contributed by atoms with E-state index in [4.69, 9.17) is 9.72 Å². The molecule has 130 valence electrons. The van der Waals surface area contributed by atoms with Gasteiger partial charge >= 0.3 is 0 Å². The summed E-state index contributed by atoms with van der Waals surface area (Å²) in [6, 6.07) is 0. The average molecular weight is 419 g/mol. The van der Waals surface area contributed by atoms with Gasteiger partial charge < -0.3 is 4.74 Å². The monoisotopic (exact) mass is 418 g/mol. The van der Waals surface area contributed by atoms with Crippen molar-refractivity contribution in [2.24, 2.45) is 5.41 Å². The Kier molecular flexibility index (Phi) is 4.20. The third kappa shape index (κ3) is 3.25. The SMILES string of the molecule is CC1(C)CC(=O)c2sc(N3C=COC(C4=C(Br)C=CCC4)=C3)nc2C1. The number of aromatic nitrogens is 1. The van der Waals surface area contributed by atoms with Crippen LogP contribution in [0.15, 0.2) is 46.6 Å². The van der Waals surface area contributed by atoms with Gasteiger partial charge in [0.2, 0.25) is 0 Å². The van der Waals surface area contributed by atoms with Crippen LogP contribution in [0.1, 0.15) is 48.5 Å². The highest BCUT2D eigenvalue weighted by molar-refractivity contribution is 9.11. The van der Waals surface area contributed by atoms with Crippen molar-refractivity contribution in [2.45, 2.75) is 39.5 Å². The molecule has 0 bridgehead atoms. The summed E-state index contributed by atoms with van der Waals surface area (Å²) in [5.41, 5.74) is 2.06. The fraction of sp³-hybridized carbons (Fsp3) is 0.368. The van der Waals surface area contributed by atoms with Gasteiger partial charge in [-0.2, -0.15) is 0 Å². The molecule has 0 N–H and O–H groups in total. The Balaban J connectivity index is 1.67. The minimum absolute atomic E-state index is 0.0125. The second-order valence-electron chi connectivity index (χ2n) is 7.28. The van der Waals surface area contributed by atoms with Crippen LogP contribution in [0.3, 0.4) is 0 Å². The van der Waals surface area contributed by atoms with Gasteiger partial charge in [-0.1, -0.05) is 53.3 Å². The molecule has 2 heterocycles. The van der Waals surface area contributed by atoms with Crippen molar-refractivity contribution in [3.8, 4) is 0 Å². The Bertz CT molecular complexity index is 861. The standard InChI is InChI=1S/C19H19BrN2O2S/c1-19(2)9-14-17(15(23)10-19)25-18(21-14)22-7-8-24-16(11-22)12-5-3-4-6-13(12)20/h4,6-8,11H,3,5,9-10H2,1-2H3. The summed E-state index contributed by atoms with van der Waals surface area (Å²) in [6.07, 6.45) is 13.1. The zero-order valence-corrected chi connectivity index (χ0v) is 16.6. The Morgan fingerprint density at radius 3 is 3.00 bits per heavy atom. The van der Waals surface area contributed by atoms with E-state index in [-0.39, 0.29) is 11.2 Å². The lowest BCUT2D eigenvalue weighted by Gasteiger charge is -2.26. The molecule has 2 aliphatic carbocycles. The van der Waals surface area contributed by atoms with Gasteiger partial charge in [-0.05, 0) is 24.7 Å². The maximum Gasteiger partial charge on any atom is 0.194 e. The molecule has 1 aromatic rings. The first-order chi connectivity index (χ1) is 11.9. The number of hydrogen-bond acceptors (Lipinski definition) is 5. The maximum absolute atomic E-state index is 12.4. The molecule has 6 heteroatoms. The highest BCUT2D eigenvalue weighted by atomic mass is 79.9. The Labute approximate surface area is 159 Å². The lowest BCUT2D eigenvalue weighted by molar-refractivity contribution is 0.0916. The van der Waals surface area contributed by atoms with Gasteiger partial charge in [-0.25, -0.2) is 4.98 Å². The molecule has 4 rings (SSSR count).